The lowest BCUT2D eigenvalue weighted by Crippen LogP contribution is -2.07. The summed E-state index contributed by atoms with van der Waals surface area (Å²) in [5.74, 6) is -2.42. The zero-order chi connectivity index (χ0) is 28.2. The fourth-order valence-corrected chi connectivity index (χ4v) is 2.17. The maximum atomic E-state index is 14.7. The lowest BCUT2D eigenvalue weighted by atomic mass is 10.2. The molecule has 3 aromatic rings. The molecule has 3 N–H and O–H groups in total. The number of ether oxygens (including phenoxy) is 2. The van der Waals surface area contributed by atoms with Crippen LogP contribution in [0.1, 0.15) is 9.60 Å². The molecule has 0 aliphatic heterocycles. The van der Waals surface area contributed by atoms with Gasteiger partial charge in [0.05, 0.1) is 22.3 Å². The molecule has 0 radical (unpaired) electrons. The van der Waals surface area contributed by atoms with Crippen molar-refractivity contribution in [1.82, 2.24) is 9.97 Å². The van der Waals surface area contributed by atoms with Crippen LogP contribution in [0.3, 0.4) is 0 Å². The van der Waals surface area contributed by atoms with Crippen LogP contribution in [0.25, 0.3) is 0 Å². The average Bonchev–Trinajstić information content (AvgIpc) is 2.90. The van der Waals surface area contributed by atoms with E-state index in [0.717, 1.165) is 6.08 Å². The number of methoxy groups -OCH3 is 1. The van der Waals surface area contributed by atoms with E-state index in [-0.39, 0.29) is 12.6 Å². The number of aromatic nitrogens is 2. The summed E-state index contributed by atoms with van der Waals surface area (Å²) < 4.78 is 79.9. The van der Waals surface area contributed by atoms with Crippen molar-refractivity contribution in [2.24, 2.45) is 0 Å². The Labute approximate surface area is 189 Å². The van der Waals surface area contributed by atoms with Crippen LogP contribution in [-0.2, 0) is 9.53 Å². The van der Waals surface area contributed by atoms with Crippen molar-refractivity contribution in [1.29, 1.82) is 0 Å². The van der Waals surface area contributed by atoms with Crippen molar-refractivity contribution in [3.63, 3.8) is 0 Å². The number of benzene rings is 2. The molecule has 3 rings (SSSR count). The zero-order valence-electron chi connectivity index (χ0n) is 23.3. The minimum atomic E-state index is -1.97. The summed E-state index contributed by atoms with van der Waals surface area (Å²) in [6, 6.07) is 3.71. The number of hydrogen-bond acceptors (Lipinski definition) is 7. The Morgan fingerprint density at radius 3 is 2.77 bits per heavy atom. The molecule has 0 atom stereocenters. The quantitative estimate of drug-likeness (QED) is 0.414. The zero-order valence-corrected chi connectivity index (χ0v) is 16.3. The standard InChI is InChI=1S/C22H22FN5O3/c1-3-20(29)25-16-5-4-6-17(13-16)26-21-19(23)14-24-22(28-21)27-15-7-9-18(10-8-15)31-12-11-30-2/h3-10,13-14H,1,11-12H2,2H3,(H,25,29)(H2,24,26,27,28)/i4D,5D,6D,11D2,13D,14D. The summed E-state index contributed by atoms with van der Waals surface area (Å²) in [6.45, 7) is 0.973. The summed E-state index contributed by atoms with van der Waals surface area (Å²) in [5, 5.41) is 7.41. The van der Waals surface area contributed by atoms with Gasteiger partial charge in [-0.25, -0.2) is 9.37 Å². The van der Waals surface area contributed by atoms with Crippen molar-refractivity contribution in [2.45, 2.75) is 0 Å². The van der Waals surface area contributed by atoms with Crippen molar-refractivity contribution >= 4 is 34.7 Å². The van der Waals surface area contributed by atoms with E-state index in [1.54, 1.807) is 12.1 Å². The summed E-state index contributed by atoms with van der Waals surface area (Å²) in [7, 11) is 1.22. The first-order valence-corrected chi connectivity index (χ1v) is 8.76. The van der Waals surface area contributed by atoms with Gasteiger partial charge in [0.2, 0.25) is 11.9 Å². The first-order chi connectivity index (χ1) is 17.9. The van der Waals surface area contributed by atoms with E-state index in [1.165, 1.54) is 19.2 Å². The Morgan fingerprint density at radius 1 is 1.26 bits per heavy atom. The van der Waals surface area contributed by atoms with Crippen LogP contribution in [0, 0.1) is 5.82 Å². The van der Waals surface area contributed by atoms with Crippen LogP contribution in [-0.4, -0.2) is 36.2 Å². The number of rotatable bonds is 10. The Balaban J connectivity index is 1.89. The van der Waals surface area contributed by atoms with Crippen LogP contribution in [0.5, 0.6) is 5.75 Å². The number of carbonyl (C=O) groups is 1. The molecule has 1 heterocycles. The highest BCUT2D eigenvalue weighted by molar-refractivity contribution is 5.99. The molecule has 0 aliphatic rings. The van der Waals surface area contributed by atoms with Gasteiger partial charge < -0.3 is 25.4 Å². The van der Waals surface area contributed by atoms with Gasteiger partial charge in [-0.3, -0.25) is 4.79 Å². The molecule has 0 bridgehead atoms. The minimum Gasteiger partial charge on any atom is -0.491 e. The molecule has 0 spiro atoms. The summed E-state index contributed by atoms with van der Waals surface area (Å²) in [6.07, 6.45) is 0.0859. The molecule has 160 valence electrons. The van der Waals surface area contributed by atoms with E-state index in [1.807, 2.05) is 0 Å². The third-order valence-electron chi connectivity index (χ3n) is 3.54. The maximum Gasteiger partial charge on any atom is 0.247 e. The van der Waals surface area contributed by atoms with Crippen LogP contribution in [0.2, 0.25) is 0 Å². The third-order valence-corrected chi connectivity index (χ3v) is 3.54. The molecule has 8 nitrogen and oxygen atoms in total. The third kappa shape index (κ3) is 6.51. The molecule has 0 saturated heterocycles. The molecule has 0 aliphatic carbocycles. The van der Waals surface area contributed by atoms with Crippen molar-refractivity contribution in [3.8, 4) is 5.75 Å². The molecule has 9 heteroatoms. The van der Waals surface area contributed by atoms with Crippen molar-refractivity contribution in [3.05, 3.63) is 73.1 Å². The highest BCUT2D eigenvalue weighted by atomic mass is 19.1. The number of nitrogens with one attached hydrogen (secondary N) is 3. The van der Waals surface area contributed by atoms with E-state index in [4.69, 9.17) is 14.3 Å². The molecular weight excluding hydrogens is 401 g/mol. The van der Waals surface area contributed by atoms with Gasteiger partial charge in [0, 0.05) is 24.2 Å². The largest absolute Gasteiger partial charge is 0.491 e. The van der Waals surface area contributed by atoms with Gasteiger partial charge in [0.25, 0.3) is 0 Å². The van der Waals surface area contributed by atoms with Gasteiger partial charge in [-0.15, -0.1) is 0 Å². The van der Waals surface area contributed by atoms with Crippen molar-refractivity contribution in [2.75, 3.05) is 36.2 Å². The second kappa shape index (κ2) is 10.7. The minimum absolute atomic E-state index is 0.218. The number of amides is 1. The van der Waals surface area contributed by atoms with E-state index < -0.39 is 65.8 Å². The first-order valence-electron chi connectivity index (χ1n) is 12.3. The van der Waals surface area contributed by atoms with Crippen LogP contribution in [0.15, 0.2) is 67.3 Å². The van der Waals surface area contributed by atoms with Gasteiger partial charge in [0.1, 0.15) is 12.4 Å². The van der Waals surface area contributed by atoms with Crippen molar-refractivity contribution < 1.29 is 28.3 Å². The van der Waals surface area contributed by atoms with Crippen LogP contribution < -0.4 is 20.7 Å². The van der Waals surface area contributed by atoms with Gasteiger partial charge in [0.15, 0.2) is 11.6 Å². The molecule has 0 saturated carbocycles. The van der Waals surface area contributed by atoms with Crippen LogP contribution >= 0.6 is 0 Å². The molecule has 1 amide bonds. The second-order valence-corrected chi connectivity index (χ2v) is 5.68. The predicted octanol–water partition coefficient (Wildman–Crippen LogP) is 4.25. The number of halogens is 1. The highest BCUT2D eigenvalue weighted by Gasteiger charge is 2.09. The first kappa shape index (κ1) is 14.1. The maximum absolute atomic E-state index is 14.7. The predicted molar refractivity (Wildman–Crippen MR) is 118 cm³/mol. The fraction of sp³-hybridized carbons (Fsp3) is 0.136. The second-order valence-electron chi connectivity index (χ2n) is 5.68. The lowest BCUT2D eigenvalue weighted by Gasteiger charge is -2.11. The van der Waals surface area contributed by atoms with Gasteiger partial charge in [-0.2, -0.15) is 4.98 Å². The average molecular weight is 430 g/mol. The highest BCUT2D eigenvalue weighted by Crippen LogP contribution is 2.23. The van der Waals surface area contributed by atoms with Gasteiger partial charge in [-0.05, 0) is 48.5 Å². The molecular formula is C22H22FN5O3. The van der Waals surface area contributed by atoms with E-state index in [9.17, 15) is 9.18 Å². The number of hydrogen-bond donors (Lipinski definition) is 3. The van der Waals surface area contributed by atoms with Gasteiger partial charge >= 0.3 is 0 Å². The Morgan fingerprint density at radius 2 is 2.03 bits per heavy atom. The van der Waals surface area contributed by atoms with E-state index in [2.05, 4.69) is 37.2 Å². The topological polar surface area (TPSA) is 97.4 Å². The monoisotopic (exact) mass is 430 g/mol. The Kier molecular flexibility index (Phi) is 4.87. The molecule has 2 aromatic carbocycles. The van der Waals surface area contributed by atoms with Gasteiger partial charge in [-0.1, -0.05) is 12.6 Å². The molecule has 0 fully saturated rings. The van der Waals surface area contributed by atoms with E-state index in [0.29, 0.717) is 11.4 Å². The summed E-state index contributed by atoms with van der Waals surface area (Å²) >= 11 is 0. The normalized spacial score (nSPS) is 13.9. The Bertz CT molecular complexity index is 1380. The Hall–Kier alpha value is -3.98. The number of carbonyl (C=O) groups excluding carboxylic acids is 1. The summed E-state index contributed by atoms with van der Waals surface area (Å²) in [5.41, 5.74) is -0.406. The smallest absolute Gasteiger partial charge is 0.247 e. The summed E-state index contributed by atoms with van der Waals surface area (Å²) in [4.78, 5) is 19.4. The molecule has 0 unspecified atom stereocenters. The fourth-order valence-electron chi connectivity index (χ4n) is 2.17. The number of nitrogens with zero attached hydrogens (tertiary/aromatic N) is 2. The molecule has 31 heavy (non-hydrogen) atoms. The lowest BCUT2D eigenvalue weighted by molar-refractivity contribution is -0.111. The number of anilines is 5. The van der Waals surface area contributed by atoms with E-state index >= 15 is 0 Å². The van der Waals surface area contributed by atoms with Crippen LogP contribution in [0.4, 0.5) is 33.2 Å². The molecule has 1 aromatic heterocycles. The SMILES string of the molecule is [2H]c1nc(Nc2ccc(OCC([2H])([2H])OC)cc2)nc(Nc2c([2H])c([2H])c([2H])c(NC(=O)C=C)c2[2H])c1F.